The number of anilines is 1. The summed E-state index contributed by atoms with van der Waals surface area (Å²) in [6.45, 7) is 1.41. The molecule has 1 fully saturated rings. The first-order valence-corrected chi connectivity index (χ1v) is 6.43. The van der Waals surface area contributed by atoms with Crippen LogP contribution in [0.1, 0.15) is 29.6 Å². The molecule has 1 aromatic heterocycles. The molecule has 0 amide bonds. The fourth-order valence-corrected chi connectivity index (χ4v) is 1.75. The van der Waals surface area contributed by atoms with Crippen LogP contribution < -0.4 is 10.6 Å². The highest BCUT2D eigenvalue weighted by molar-refractivity contribution is 5.93. The Morgan fingerprint density at radius 1 is 1.50 bits per heavy atom. The number of aromatic carboxylic acids is 1. The molecule has 8 heteroatoms. The van der Waals surface area contributed by atoms with Crippen LogP contribution in [0.2, 0.25) is 0 Å². The van der Waals surface area contributed by atoms with E-state index in [2.05, 4.69) is 15.6 Å². The van der Waals surface area contributed by atoms with Crippen LogP contribution >= 0.6 is 0 Å². The van der Waals surface area contributed by atoms with Gasteiger partial charge < -0.3 is 15.7 Å². The van der Waals surface area contributed by atoms with Gasteiger partial charge in [0.15, 0.2) is 0 Å². The van der Waals surface area contributed by atoms with Gasteiger partial charge in [0.05, 0.1) is 4.92 Å². The maximum Gasteiger partial charge on any atom is 0.339 e. The lowest BCUT2D eigenvalue weighted by Crippen LogP contribution is -2.20. The molecule has 1 aliphatic carbocycles. The summed E-state index contributed by atoms with van der Waals surface area (Å²) in [5, 5.41) is 25.9. The van der Waals surface area contributed by atoms with Crippen LogP contribution in [0.15, 0.2) is 12.3 Å². The first kappa shape index (κ1) is 14.2. The summed E-state index contributed by atoms with van der Waals surface area (Å²) < 4.78 is 0. The zero-order valence-electron chi connectivity index (χ0n) is 10.8. The molecule has 3 N–H and O–H groups in total. The Morgan fingerprint density at radius 2 is 2.25 bits per heavy atom. The van der Waals surface area contributed by atoms with Crippen molar-refractivity contribution < 1.29 is 14.8 Å². The molecule has 20 heavy (non-hydrogen) atoms. The number of carboxylic acids is 1. The lowest BCUT2D eigenvalue weighted by Gasteiger charge is -2.08. The van der Waals surface area contributed by atoms with E-state index in [1.54, 1.807) is 0 Å². The second-order valence-corrected chi connectivity index (χ2v) is 4.66. The summed E-state index contributed by atoms with van der Waals surface area (Å²) in [6, 6.07) is 1.65. The van der Waals surface area contributed by atoms with Crippen molar-refractivity contribution in [2.75, 3.05) is 18.4 Å². The predicted octanol–water partition coefficient (Wildman–Crippen LogP) is 1.24. The molecule has 108 valence electrons. The highest BCUT2D eigenvalue weighted by Gasteiger charge is 2.20. The molecule has 1 aliphatic rings. The van der Waals surface area contributed by atoms with Gasteiger partial charge in [-0.15, -0.1) is 0 Å². The lowest BCUT2D eigenvalue weighted by atomic mass is 10.2. The molecule has 0 spiro atoms. The minimum atomic E-state index is -1.24. The van der Waals surface area contributed by atoms with Crippen LogP contribution in [-0.2, 0) is 0 Å². The first-order valence-electron chi connectivity index (χ1n) is 6.43. The smallest absolute Gasteiger partial charge is 0.339 e. The molecule has 8 nitrogen and oxygen atoms in total. The Hall–Kier alpha value is -2.22. The molecule has 1 saturated carbocycles. The summed E-state index contributed by atoms with van der Waals surface area (Å²) in [5.74, 6) is -1.07. The van der Waals surface area contributed by atoms with Crippen LogP contribution in [0.5, 0.6) is 0 Å². The van der Waals surface area contributed by atoms with Crippen molar-refractivity contribution in [2.45, 2.75) is 25.3 Å². The molecule has 1 heterocycles. The molecule has 0 radical (unpaired) electrons. The van der Waals surface area contributed by atoms with Gasteiger partial charge in [-0.25, -0.2) is 9.78 Å². The van der Waals surface area contributed by atoms with Gasteiger partial charge >= 0.3 is 5.97 Å². The number of carbonyl (C=O) groups is 1. The number of hydrogen-bond acceptors (Lipinski definition) is 6. The Kier molecular flexibility index (Phi) is 4.46. The third-order valence-electron chi connectivity index (χ3n) is 2.97. The summed E-state index contributed by atoms with van der Waals surface area (Å²) >= 11 is 0. The molecule has 0 saturated heterocycles. The minimum Gasteiger partial charge on any atom is -0.478 e. The summed E-state index contributed by atoms with van der Waals surface area (Å²) in [7, 11) is 0. The molecule has 0 aliphatic heterocycles. The van der Waals surface area contributed by atoms with E-state index in [0.717, 1.165) is 25.2 Å². The van der Waals surface area contributed by atoms with Gasteiger partial charge in [0.1, 0.15) is 17.6 Å². The van der Waals surface area contributed by atoms with Crippen molar-refractivity contribution in [2.24, 2.45) is 0 Å². The Morgan fingerprint density at radius 3 is 2.85 bits per heavy atom. The monoisotopic (exact) mass is 280 g/mol. The SMILES string of the molecule is O=C(O)c1cc([N+](=O)[O-])cnc1NCCCNC1CC1. The number of pyridine rings is 1. The van der Waals surface area contributed by atoms with E-state index >= 15 is 0 Å². The molecule has 2 rings (SSSR count). The lowest BCUT2D eigenvalue weighted by molar-refractivity contribution is -0.385. The maximum atomic E-state index is 11.1. The molecule has 1 aromatic rings. The van der Waals surface area contributed by atoms with E-state index in [1.165, 1.54) is 12.8 Å². The second kappa shape index (κ2) is 6.29. The Bertz CT molecular complexity index is 516. The third kappa shape index (κ3) is 3.89. The standard InChI is InChI=1S/C12H16N4O4/c17-12(18)10-6-9(16(19)20)7-15-11(10)14-5-1-4-13-8-2-3-8/h6-8,13H,1-5H2,(H,14,15)(H,17,18). The number of carboxylic acid groups (broad SMARTS) is 1. The Labute approximate surface area is 115 Å². The van der Waals surface area contributed by atoms with Gasteiger partial charge in [-0.2, -0.15) is 0 Å². The number of nitrogens with one attached hydrogen (secondary N) is 2. The van der Waals surface area contributed by atoms with E-state index in [-0.39, 0.29) is 17.1 Å². The van der Waals surface area contributed by atoms with Crippen LogP contribution in [0.4, 0.5) is 11.5 Å². The van der Waals surface area contributed by atoms with Gasteiger partial charge in [0.25, 0.3) is 5.69 Å². The van der Waals surface area contributed by atoms with Crippen LogP contribution in [0.3, 0.4) is 0 Å². The molecular formula is C12H16N4O4. The molecule has 0 atom stereocenters. The van der Waals surface area contributed by atoms with Crippen LogP contribution in [0, 0.1) is 10.1 Å². The zero-order valence-corrected chi connectivity index (χ0v) is 10.8. The normalized spacial score (nSPS) is 14.0. The summed E-state index contributed by atoms with van der Waals surface area (Å²) in [4.78, 5) is 24.8. The summed E-state index contributed by atoms with van der Waals surface area (Å²) in [5.41, 5.74) is -0.516. The van der Waals surface area contributed by atoms with Gasteiger partial charge in [-0.05, 0) is 25.8 Å². The molecule has 0 unspecified atom stereocenters. The average Bonchev–Trinajstić information content (AvgIpc) is 3.22. The zero-order chi connectivity index (χ0) is 14.5. The van der Waals surface area contributed by atoms with Gasteiger partial charge in [0.2, 0.25) is 0 Å². The Balaban J connectivity index is 1.91. The predicted molar refractivity (Wildman–Crippen MR) is 72.0 cm³/mol. The van der Waals surface area contributed by atoms with Crippen molar-refractivity contribution in [3.05, 3.63) is 27.9 Å². The number of nitrogens with zero attached hydrogens (tertiary/aromatic N) is 2. The van der Waals surface area contributed by atoms with Crippen LogP contribution in [0.25, 0.3) is 0 Å². The number of nitro groups is 1. The van der Waals surface area contributed by atoms with E-state index in [9.17, 15) is 14.9 Å². The highest BCUT2D eigenvalue weighted by Crippen LogP contribution is 2.19. The van der Waals surface area contributed by atoms with E-state index < -0.39 is 10.9 Å². The van der Waals surface area contributed by atoms with Crippen molar-refractivity contribution in [3.63, 3.8) is 0 Å². The fraction of sp³-hybridized carbons (Fsp3) is 0.500. The van der Waals surface area contributed by atoms with E-state index in [1.807, 2.05) is 0 Å². The van der Waals surface area contributed by atoms with E-state index in [0.29, 0.717) is 12.6 Å². The van der Waals surface area contributed by atoms with Crippen molar-refractivity contribution in [1.82, 2.24) is 10.3 Å². The highest BCUT2D eigenvalue weighted by atomic mass is 16.6. The fourth-order valence-electron chi connectivity index (χ4n) is 1.75. The van der Waals surface area contributed by atoms with Gasteiger partial charge in [0, 0.05) is 18.7 Å². The topological polar surface area (TPSA) is 117 Å². The first-order chi connectivity index (χ1) is 9.58. The van der Waals surface area contributed by atoms with Crippen molar-refractivity contribution in [3.8, 4) is 0 Å². The molecule has 0 bridgehead atoms. The number of hydrogen-bond donors (Lipinski definition) is 3. The number of aromatic nitrogens is 1. The van der Waals surface area contributed by atoms with Crippen molar-refractivity contribution in [1.29, 1.82) is 0 Å². The average molecular weight is 280 g/mol. The van der Waals surface area contributed by atoms with Gasteiger partial charge in [-0.1, -0.05) is 0 Å². The largest absolute Gasteiger partial charge is 0.478 e. The van der Waals surface area contributed by atoms with E-state index in [4.69, 9.17) is 5.11 Å². The number of rotatable bonds is 8. The third-order valence-corrected chi connectivity index (χ3v) is 2.97. The van der Waals surface area contributed by atoms with Crippen LogP contribution in [-0.4, -0.2) is 40.1 Å². The molecular weight excluding hydrogens is 264 g/mol. The summed E-state index contributed by atoms with van der Waals surface area (Å²) in [6.07, 6.45) is 4.33. The van der Waals surface area contributed by atoms with Crippen molar-refractivity contribution >= 4 is 17.5 Å². The second-order valence-electron chi connectivity index (χ2n) is 4.66. The minimum absolute atomic E-state index is 0.162. The quantitative estimate of drug-likeness (QED) is 0.372. The maximum absolute atomic E-state index is 11.1. The van der Waals surface area contributed by atoms with Gasteiger partial charge in [-0.3, -0.25) is 10.1 Å². The molecule has 0 aromatic carbocycles.